The lowest BCUT2D eigenvalue weighted by molar-refractivity contribution is 0.0145. The van der Waals surface area contributed by atoms with Crippen molar-refractivity contribution in [2.75, 3.05) is 13.2 Å². The fourth-order valence-corrected chi connectivity index (χ4v) is 4.04. The van der Waals surface area contributed by atoms with Gasteiger partial charge in [0.15, 0.2) is 0 Å². The van der Waals surface area contributed by atoms with Gasteiger partial charge in [-0.15, -0.1) is 0 Å². The minimum absolute atomic E-state index is 0.248. The van der Waals surface area contributed by atoms with Crippen LogP contribution in [0.25, 0.3) is 0 Å². The monoisotopic (exact) mass is 382 g/mol. The molecule has 28 heavy (non-hydrogen) atoms. The predicted octanol–water partition coefficient (Wildman–Crippen LogP) is 4.52. The Kier molecular flexibility index (Phi) is 7.12. The predicted molar refractivity (Wildman–Crippen MR) is 108 cm³/mol. The van der Waals surface area contributed by atoms with Gasteiger partial charge in [-0.2, -0.15) is 0 Å². The average Bonchev–Trinajstić information content (AvgIpc) is 3.28. The summed E-state index contributed by atoms with van der Waals surface area (Å²) in [5.41, 5.74) is 2.43. The Morgan fingerprint density at radius 3 is 1.50 bits per heavy atom. The van der Waals surface area contributed by atoms with E-state index in [9.17, 15) is 0 Å². The molecule has 4 rings (SSSR count). The van der Waals surface area contributed by atoms with Crippen molar-refractivity contribution in [3.8, 4) is 0 Å². The van der Waals surface area contributed by atoms with Crippen molar-refractivity contribution in [3.63, 3.8) is 0 Å². The van der Waals surface area contributed by atoms with E-state index in [1.165, 1.54) is 11.1 Å². The fourth-order valence-electron chi connectivity index (χ4n) is 4.04. The van der Waals surface area contributed by atoms with Crippen molar-refractivity contribution in [2.24, 2.45) is 0 Å². The summed E-state index contributed by atoms with van der Waals surface area (Å²) in [6.45, 7) is 2.80. The molecule has 0 spiro atoms. The Bertz CT molecular complexity index is 617. The van der Waals surface area contributed by atoms with Gasteiger partial charge in [0.1, 0.15) is 0 Å². The van der Waals surface area contributed by atoms with E-state index in [1.54, 1.807) is 0 Å². The van der Waals surface area contributed by atoms with Gasteiger partial charge in [-0.1, -0.05) is 60.7 Å². The molecule has 0 amide bonds. The summed E-state index contributed by atoms with van der Waals surface area (Å²) < 4.78 is 24.0. The first-order valence-corrected chi connectivity index (χ1v) is 10.4. The normalized spacial score (nSPS) is 26.4. The fraction of sp³-hybridized carbons (Fsp3) is 0.500. The van der Waals surface area contributed by atoms with Gasteiger partial charge in [0.25, 0.3) is 0 Å². The molecule has 2 aromatic carbocycles. The molecule has 2 aliphatic heterocycles. The quantitative estimate of drug-likeness (QED) is 0.567. The molecule has 0 N–H and O–H groups in total. The van der Waals surface area contributed by atoms with Gasteiger partial charge in [-0.05, 0) is 24.0 Å². The SMILES string of the molecule is c1ccc(COCC[C@@H]2C[C@H]3O[C@H](CCOCc4ccccc4)C[C@H]3O2)cc1. The van der Waals surface area contributed by atoms with E-state index in [2.05, 4.69) is 24.3 Å². The first-order chi connectivity index (χ1) is 13.9. The molecular formula is C24H30O4. The van der Waals surface area contributed by atoms with E-state index in [0.717, 1.165) is 38.9 Å². The molecule has 0 aliphatic carbocycles. The molecule has 2 fully saturated rings. The molecule has 4 atom stereocenters. The minimum Gasteiger partial charge on any atom is -0.377 e. The smallest absolute Gasteiger partial charge is 0.0866 e. The molecule has 150 valence electrons. The minimum atomic E-state index is 0.248. The van der Waals surface area contributed by atoms with E-state index < -0.39 is 0 Å². The van der Waals surface area contributed by atoms with Crippen LogP contribution in [-0.2, 0) is 32.2 Å². The second-order valence-electron chi connectivity index (χ2n) is 7.72. The summed E-state index contributed by atoms with van der Waals surface area (Å²) >= 11 is 0. The highest BCUT2D eigenvalue weighted by Gasteiger charge is 2.43. The molecular weight excluding hydrogens is 352 g/mol. The third-order valence-electron chi connectivity index (χ3n) is 5.53. The molecule has 2 heterocycles. The van der Waals surface area contributed by atoms with Crippen LogP contribution in [-0.4, -0.2) is 37.6 Å². The third kappa shape index (κ3) is 5.65. The lowest BCUT2D eigenvalue weighted by atomic mass is 10.1. The Hall–Kier alpha value is -1.72. The van der Waals surface area contributed by atoms with Gasteiger partial charge in [0.05, 0.1) is 37.6 Å². The van der Waals surface area contributed by atoms with E-state index in [0.29, 0.717) is 13.2 Å². The molecule has 0 unspecified atom stereocenters. The molecule has 0 aromatic heterocycles. The van der Waals surface area contributed by atoms with Crippen LogP contribution in [0.1, 0.15) is 36.8 Å². The zero-order valence-electron chi connectivity index (χ0n) is 16.4. The Labute approximate surface area is 167 Å². The maximum absolute atomic E-state index is 6.20. The zero-order valence-corrected chi connectivity index (χ0v) is 16.4. The standard InChI is InChI=1S/C24H30O4/c1-3-7-19(8-4-1)17-25-13-11-21-15-23-24(27-21)16-22(28-23)12-14-26-18-20-9-5-2-6-10-20/h1-10,21-24H,11-18H2/t21-,22-,23-,24-/m1/s1. The van der Waals surface area contributed by atoms with Crippen LogP contribution < -0.4 is 0 Å². The number of ether oxygens (including phenoxy) is 4. The van der Waals surface area contributed by atoms with Gasteiger partial charge < -0.3 is 18.9 Å². The van der Waals surface area contributed by atoms with Crippen LogP contribution in [0.2, 0.25) is 0 Å². The van der Waals surface area contributed by atoms with Crippen molar-refractivity contribution in [1.29, 1.82) is 0 Å². The zero-order chi connectivity index (χ0) is 19.0. The van der Waals surface area contributed by atoms with Gasteiger partial charge in [-0.3, -0.25) is 0 Å². The van der Waals surface area contributed by atoms with Crippen molar-refractivity contribution >= 4 is 0 Å². The Morgan fingerprint density at radius 2 is 1.07 bits per heavy atom. The van der Waals surface area contributed by atoms with Gasteiger partial charge in [0, 0.05) is 26.1 Å². The third-order valence-corrected chi connectivity index (χ3v) is 5.53. The van der Waals surface area contributed by atoms with E-state index in [1.807, 2.05) is 36.4 Å². The summed E-state index contributed by atoms with van der Waals surface area (Å²) in [6.07, 6.45) is 4.88. The number of hydrogen-bond acceptors (Lipinski definition) is 4. The van der Waals surface area contributed by atoms with Crippen molar-refractivity contribution in [2.45, 2.75) is 63.3 Å². The maximum atomic E-state index is 6.20. The topological polar surface area (TPSA) is 36.9 Å². The second kappa shape index (κ2) is 10.2. The van der Waals surface area contributed by atoms with Gasteiger partial charge in [0.2, 0.25) is 0 Å². The summed E-state index contributed by atoms with van der Waals surface area (Å²) in [6, 6.07) is 20.6. The van der Waals surface area contributed by atoms with E-state index in [4.69, 9.17) is 18.9 Å². The van der Waals surface area contributed by atoms with E-state index >= 15 is 0 Å². The number of rotatable bonds is 10. The van der Waals surface area contributed by atoms with E-state index in [-0.39, 0.29) is 24.4 Å². The number of benzene rings is 2. The first kappa shape index (κ1) is 19.6. The maximum Gasteiger partial charge on any atom is 0.0866 e. The van der Waals surface area contributed by atoms with Crippen molar-refractivity contribution in [1.82, 2.24) is 0 Å². The largest absolute Gasteiger partial charge is 0.377 e. The Morgan fingerprint density at radius 1 is 0.643 bits per heavy atom. The number of fused-ring (bicyclic) bond motifs is 1. The summed E-state index contributed by atoms with van der Waals surface area (Å²) in [5.74, 6) is 0. The number of hydrogen-bond donors (Lipinski definition) is 0. The van der Waals surface area contributed by atoms with Crippen LogP contribution >= 0.6 is 0 Å². The highest BCUT2D eigenvalue weighted by Crippen LogP contribution is 2.36. The molecule has 4 heteroatoms. The average molecular weight is 383 g/mol. The lowest BCUT2D eigenvalue weighted by Crippen LogP contribution is -2.17. The summed E-state index contributed by atoms with van der Waals surface area (Å²) in [7, 11) is 0. The highest BCUT2D eigenvalue weighted by molar-refractivity contribution is 5.14. The second-order valence-corrected chi connectivity index (χ2v) is 7.72. The molecule has 2 aliphatic rings. The van der Waals surface area contributed by atoms with Crippen LogP contribution in [0.4, 0.5) is 0 Å². The molecule has 2 saturated heterocycles. The van der Waals surface area contributed by atoms with Crippen molar-refractivity contribution in [3.05, 3.63) is 71.8 Å². The lowest BCUT2D eigenvalue weighted by Gasteiger charge is -2.16. The van der Waals surface area contributed by atoms with Crippen LogP contribution in [0, 0.1) is 0 Å². The molecule has 0 saturated carbocycles. The van der Waals surface area contributed by atoms with Gasteiger partial charge in [-0.25, -0.2) is 0 Å². The summed E-state index contributed by atoms with van der Waals surface area (Å²) in [4.78, 5) is 0. The van der Waals surface area contributed by atoms with Crippen LogP contribution in [0.15, 0.2) is 60.7 Å². The molecule has 0 radical (unpaired) electrons. The molecule has 0 bridgehead atoms. The van der Waals surface area contributed by atoms with Crippen LogP contribution in [0.5, 0.6) is 0 Å². The first-order valence-electron chi connectivity index (χ1n) is 10.4. The van der Waals surface area contributed by atoms with Crippen LogP contribution in [0.3, 0.4) is 0 Å². The molecule has 4 nitrogen and oxygen atoms in total. The molecule has 2 aromatic rings. The van der Waals surface area contributed by atoms with Crippen molar-refractivity contribution < 1.29 is 18.9 Å². The van der Waals surface area contributed by atoms with Gasteiger partial charge >= 0.3 is 0 Å². The highest BCUT2D eigenvalue weighted by atomic mass is 16.6. The Balaban J connectivity index is 1.07. The summed E-state index contributed by atoms with van der Waals surface area (Å²) in [5, 5.41) is 0.